The van der Waals surface area contributed by atoms with Crippen molar-refractivity contribution in [3.63, 3.8) is 0 Å². The number of tetrazole rings is 1. The van der Waals surface area contributed by atoms with Crippen molar-refractivity contribution in [1.29, 1.82) is 0 Å². The first kappa shape index (κ1) is 22.5. The molecule has 7 nitrogen and oxygen atoms in total. The lowest BCUT2D eigenvalue weighted by atomic mass is 9.95. The molecule has 0 aliphatic carbocycles. The van der Waals surface area contributed by atoms with Gasteiger partial charge in [-0.15, -0.1) is 5.10 Å². The number of aromatic nitrogens is 4. The minimum Gasteiger partial charge on any atom is -0.489 e. The summed E-state index contributed by atoms with van der Waals surface area (Å²) in [5.41, 5.74) is 5.06. The molecule has 0 saturated carbocycles. The van der Waals surface area contributed by atoms with Crippen molar-refractivity contribution < 1.29 is 14.6 Å². The van der Waals surface area contributed by atoms with Gasteiger partial charge in [0.15, 0.2) is 5.82 Å². The van der Waals surface area contributed by atoms with Crippen molar-refractivity contribution in [3.05, 3.63) is 94.3 Å². The van der Waals surface area contributed by atoms with E-state index < -0.39 is 11.9 Å². The van der Waals surface area contributed by atoms with Gasteiger partial charge in [-0.1, -0.05) is 54.1 Å². The summed E-state index contributed by atoms with van der Waals surface area (Å²) in [6, 6.07) is 21.4. The minimum atomic E-state index is -0.918. The highest BCUT2D eigenvalue weighted by molar-refractivity contribution is 6.31. The Morgan fingerprint density at radius 1 is 1.12 bits per heavy atom. The van der Waals surface area contributed by atoms with Crippen LogP contribution >= 0.6 is 11.6 Å². The van der Waals surface area contributed by atoms with Crippen LogP contribution in [0.15, 0.2) is 66.7 Å². The van der Waals surface area contributed by atoms with Gasteiger partial charge in [0, 0.05) is 12.1 Å². The van der Waals surface area contributed by atoms with Gasteiger partial charge in [0.25, 0.3) is 0 Å². The van der Waals surface area contributed by atoms with Crippen molar-refractivity contribution >= 4 is 17.6 Å². The molecular formula is C25H23ClN4O3. The molecule has 0 saturated heterocycles. The number of ether oxygens (including phenoxy) is 1. The highest BCUT2D eigenvalue weighted by Gasteiger charge is 2.23. The minimum absolute atomic E-state index is 0.107. The Morgan fingerprint density at radius 3 is 2.58 bits per heavy atom. The van der Waals surface area contributed by atoms with Gasteiger partial charge in [0.1, 0.15) is 12.4 Å². The largest absolute Gasteiger partial charge is 0.489 e. The van der Waals surface area contributed by atoms with Gasteiger partial charge in [-0.05, 0) is 69.4 Å². The van der Waals surface area contributed by atoms with Crippen LogP contribution in [0.3, 0.4) is 0 Å². The molecule has 1 aromatic heterocycles. The van der Waals surface area contributed by atoms with Crippen LogP contribution in [0, 0.1) is 6.92 Å². The van der Waals surface area contributed by atoms with Crippen LogP contribution < -0.4 is 4.74 Å². The Labute approximate surface area is 196 Å². The predicted molar refractivity (Wildman–Crippen MR) is 125 cm³/mol. The van der Waals surface area contributed by atoms with Gasteiger partial charge in [-0.3, -0.25) is 4.79 Å². The van der Waals surface area contributed by atoms with Crippen molar-refractivity contribution in [3.8, 4) is 16.9 Å². The van der Waals surface area contributed by atoms with Crippen molar-refractivity contribution in [2.75, 3.05) is 0 Å². The summed E-state index contributed by atoms with van der Waals surface area (Å²) >= 11 is 6.28. The zero-order chi connectivity index (χ0) is 23.4. The topological polar surface area (TPSA) is 90.1 Å². The first-order valence-corrected chi connectivity index (χ1v) is 10.8. The second kappa shape index (κ2) is 9.83. The molecule has 0 amide bonds. The number of carboxylic acid groups (broad SMARTS) is 1. The number of aryl methyl sites for hydroxylation is 1. The first-order chi connectivity index (χ1) is 15.9. The third kappa shape index (κ3) is 5.21. The lowest BCUT2D eigenvalue weighted by molar-refractivity contribution is -0.137. The Kier molecular flexibility index (Phi) is 6.70. The quantitative estimate of drug-likeness (QED) is 0.395. The van der Waals surface area contributed by atoms with Crippen molar-refractivity contribution in [2.24, 2.45) is 7.05 Å². The number of rotatable bonds is 8. The van der Waals surface area contributed by atoms with Gasteiger partial charge < -0.3 is 9.84 Å². The third-order valence-electron chi connectivity index (χ3n) is 5.54. The first-order valence-electron chi connectivity index (χ1n) is 10.4. The summed E-state index contributed by atoms with van der Waals surface area (Å²) in [4.78, 5) is 11.4. The van der Waals surface area contributed by atoms with Gasteiger partial charge in [0.2, 0.25) is 0 Å². The summed E-state index contributed by atoms with van der Waals surface area (Å²) in [5.74, 6) is -0.181. The smallest absolute Gasteiger partial charge is 0.304 e. The van der Waals surface area contributed by atoms with Crippen LogP contribution in [0.2, 0.25) is 5.02 Å². The molecule has 0 radical (unpaired) electrons. The Morgan fingerprint density at radius 2 is 1.88 bits per heavy atom. The van der Waals surface area contributed by atoms with E-state index in [2.05, 4.69) is 33.7 Å². The van der Waals surface area contributed by atoms with Gasteiger partial charge in [-0.2, -0.15) is 0 Å². The number of nitrogens with zero attached hydrogens (tertiary/aromatic N) is 4. The van der Waals surface area contributed by atoms with E-state index in [1.807, 2.05) is 55.5 Å². The Hall–Kier alpha value is -3.71. The van der Waals surface area contributed by atoms with E-state index in [4.69, 9.17) is 16.3 Å². The number of halogens is 1. The molecule has 33 heavy (non-hydrogen) atoms. The molecule has 0 fully saturated rings. The fourth-order valence-electron chi connectivity index (χ4n) is 3.78. The molecular weight excluding hydrogens is 440 g/mol. The maximum absolute atomic E-state index is 11.4. The molecule has 4 rings (SSSR count). The molecule has 0 aliphatic rings. The summed E-state index contributed by atoms with van der Waals surface area (Å²) < 4.78 is 7.47. The summed E-state index contributed by atoms with van der Waals surface area (Å²) in [6.07, 6.45) is -0.107. The molecule has 8 heteroatoms. The van der Waals surface area contributed by atoms with E-state index in [-0.39, 0.29) is 6.42 Å². The average molecular weight is 463 g/mol. The molecule has 1 unspecified atom stereocenters. The highest BCUT2D eigenvalue weighted by Crippen LogP contribution is 2.30. The molecule has 1 N–H and O–H groups in total. The molecule has 1 heterocycles. The fraction of sp³-hybridized carbons (Fsp3) is 0.200. The lowest BCUT2D eigenvalue weighted by Gasteiger charge is -2.15. The van der Waals surface area contributed by atoms with E-state index in [0.717, 1.165) is 32.8 Å². The van der Waals surface area contributed by atoms with E-state index >= 15 is 0 Å². The van der Waals surface area contributed by atoms with E-state index in [0.29, 0.717) is 18.2 Å². The number of hydrogen-bond acceptors (Lipinski definition) is 5. The maximum Gasteiger partial charge on any atom is 0.304 e. The van der Waals surface area contributed by atoms with Gasteiger partial charge in [-0.25, -0.2) is 4.68 Å². The van der Waals surface area contributed by atoms with Crippen molar-refractivity contribution in [2.45, 2.75) is 25.9 Å². The number of hydrogen-bond donors (Lipinski definition) is 1. The molecule has 4 aromatic rings. The SMILES string of the molecule is Cc1c(Cl)cccc1-c1cccc(COc2ccc(C(CC(=O)O)c3nnnn3C)cc2)c1. The molecule has 168 valence electrons. The third-order valence-corrected chi connectivity index (χ3v) is 5.95. The molecule has 0 bridgehead atoms. The number of aliphatic carboxylic acids is 1. The second-order valence-corrected chi connectivity index (χ2v) is 8.19. The fourth-order valence-corrected chi connectivity index (χ4v) is 3.95. The average Bonchev–Trinajstić information content (AvgIpc) is 3.24. The maximum atomic E-state index is 11.4. The predicted octanol–water partition coefficient (Wildman–Crippen LogP) is 5.02. The van der Waals surface area contributed by atoms with Crippen LogP contribution in [-0.2, 0) is 18.4 Å². The second-order valence-electron chi connectivity index (χ2n) is 7.78. The molecule has 1 atom stereocenters. The van der Waals surface area contributed by atoms with E-state index in [1.54, 1.807) is 7.05 Å². The van der Waals surface area contributed by atoms with Crippen LogP contribution in [0.4, 0.5) is 0 Å². The van der Waals surface area contributed by atoms with E-state index in [1.165, 1.54) is 4.68 Å². The van der Waals surface area contributed by atoms with Crippen LogP contribution in [0.1, 0.15) is 34.9 Å². The standard InChI is InChI=1S/C25H23ClN4O3/c1-16-21(7-4-8-23(16)26)19-6-3-5-17(13-19)15-33-20-11-9-18(10-12-20)22(14-24(31)32)25-27-28-29-30(25)2/h3-13,22H,14-15H2,1-2H3,(H,31,32). The lowest BCUT2D eigenvalue weighted by Crippen LogP contribution is -2.13. The normalized spacial score (nSPS) is 11.8. The Balaban J connectivity index is 1.48. The zero-order valence-electron chi connectivity index (χ0n) is 18.3. The van der Waals surface area contributed by atoms with E-state index in [9.17, 15) is 9.90 Å². The molecule has 3 aromatic carbocycles. The number of benzene rings is 3. The Bertz CT molecular complexity index is 1270. The summed E-state index contributed by atoms with van der Waals surface area (Å²) in [7, 11) is 1.70. The monoisotopic (exact) mass is 462 g/mol. The summed E-state index contributed by atoms with van der Waals surface area (Å²) in [6.45, 7) is 2.41. The number of carbonyl (C=O) groups is 1. The number of carboxylic acids is 1. The van der Waals surface area contributed by atoms with Gasteiger partial charge in [0.05, 0.1) is 12.3 Å². The van der Waals surface area contributed by atoms with Crippen molar-refractivity contribution in [1.82, 2.24) is 20.2 Å². The highest BCUT2D eigenvalue weighted by atomic mass is 35.5. The summed E-state index contributed by atoms with van der Waals surface area (Å²) in [5, 5.41) is 21.5. The molecule has 0 spiro atoms. The molecule has 0 aliphatic heterocycles. The van der Waals surface area contributed by atoms with Crippen LogP contribution in [0.25, 0.3) is 11.1 Å². The zero-order valence-corrected chi connectivity index (χ0v) is 19.0. The van der Waals surface area contributed by atoms with Gasteiger partial charge >= 0.3 is 5.97 Å². The van der Waals surface area contributed by atoms with Crippen LogP contribution in [-0.4, -0.2) is 31.3 Å². The van der Waals surface area contributed by atoms with Crippen LogP contribution in [0.5, 0.6) is 5.75 Å².